The summed E-state index contributed by atoms with van der Waals surface area (Å²) in [6.07, 6.45) is -2.34. The summed E-state index contributed by atoms with van der Waals surface area (Å²) in [7, 11) is -1.52. The predicted molar refractivity (Wildman–Crippen MR) is 164 cm³/mol. The highest BCUT2D eigenvalue weighted by molar-refractivity contribution is 7.91. The van der Waals surface area contributed by atoms with E-state index >= 15 is 0 Å². The molecule has 9 nitrogen and oxygen atoms in total. The maximum atomic E-state index is 13.5. The van der Waals surface area contributed by atoms with Gasteiger partial charge in [0.2, 0.25) is 5.91 Å². The lowest BCUT2D eigenvalue weighted by Gasteiger charge is -2.44. The number of nitrogens with one attached hydrogen (secondary N) is 1. The number of halogens is 5. The van der Waals surface area contributed by atoms with Crippen molar-refractivity contribution in [1.29, 1.82) is 0 Å². The minimum absolute atomic E-state index is 0.0505. The third kappa shape index (κ3) is 9.81. The Morgan fingerprint density at radius 3 is 2.24 bits per heavy atom. The van der Waals surface area contributed by atoms with E-state index in [0.717, 1.165) is 6.42 Å². The predicted octanol–water partition coefficient (Wildman–Crippen LogP) is 5.31. The van der Waals surface area contributed by atoms with Gasteiger partial charge in [-0.3, -0.25) is 9.59 Å². The van der Waals surface area contributed by atoms with Crippen LogP contribution in [0.3, 0.4) is 0 Å². The van der Waals surface area contributed by atoms with Gasteiger partial charge in [0.1, 0.15) is 6.04 Å². The van der Waals surface area contributed by atoms with E-state index in [2.05, 4.69) is 31.1 Å². The average molecular weight is 695 g/mol. The van der Waals surface area contributed by atoms with Crippen LogP contribution in [0.1, 0.15) is 49.9 Å². The lowest BCUT2D eigenvalue weighted by molar-refractivity contribution is -0.192. The molecule has 2 aromatic carbocycles. The van der Waals surface area contributed by atoms with Gasteiger partial charge in [-0.25, -0.2) is 13.2 Å². The Morgan fingerprint density at radius 1 is 1.07 bits per heavy atom. The summed E-state index contributed by atoms with van der Waals surface area (Å²) in [5.41, 5.74) is 0.396. The van der Waals surface area contributed by atoms with Crippen LogP contribution >= 0.6 is 23.2 Å². The van der Waals surface area contributed by atoms with Crippen molar-refractivity contribution in [1.82, 2.24) is 15.1 Å². The van der Waals surface area contributed by atoms with E-state index in [4.69, 9.17) is 33.1 Å². The summed E-state index contributed by atoms with van der Waals surface area (Å²) in [6.45, 7) is 4.73. The van der Waals surface area contributed by atoms with E-state index in [1.807, 2.05) is 0 Å². The van der Waals surface area contributed by atoms with Gasteiger partial charge in [0.05, 0.1) is 10.6 Å². The number of alkyl halides is 3. The summed E-state index contributed by atoms with van der Waals surface area (Å²) >= 11 is 12.0. The van der Waals surface area contributed by atoms with E-state index in [1.54, 1.807) is 41.3 Å². The van der Waals surface area contributed by atoms with Crippen molar-refractivity contribution in [2.24, 2.45) is 5.92 Å². The van der Waals surface area contributed by atoms with Crippen LogP contribution in [-0.2, 0) is 19.4 Å². The van der Waals surface area contributed by atoms with E-state index in [-0.39, 0.29) is 40.5 Å². The zero-order valence-corrected chi connectivity index (χ0v) is 27.3. The number of carbonyl (C=O) groups excluding carboxylic acids is 2. The quantitative estimate of drug-likeness (QED) is 0.384. The monoisotopic (exact) mass is 693 g/mol. The molecular weight excluding hydrogens is 658 g/mol. The summed E-state index contributed by atoms with van der Waals surface area (Å²) < 4.78 is 58.6. The lowest BCUT2D eigenvalue weighted by atomic mass is 9.81. The Labute approximate surface area is 270 Å². The number of hydrogen-bond acceptors (Lipinski definition) is 6. The number of carboxylic acids is 1. The molecule has 248 valence electrons. The Bertz CT molecular complexity index is 1470. The molecule has 1 aliphatic heterocycles. The standard InChI is InChI=1S/C28H35Cl2N3O4S.C2HF3O2/c1-18(2)32(3)23-9-12-26(20(16-23)17-38(36,37)24-10-7-21(29)8-11-24)33-14-13-25(28(33)35)31-27(34)19-5-4-6-22(30)15-19;3-2(4,5)1(6)7/h4-8,10-11,15,18,20,23,25-26H,9,12-14,16-17H2,1-3H3,(H,31,34);(H,6,7)/t20-,23+,25-,26-;/m0./s1. The number of likely N-dealkylation sites (tertiary alicyclic amines) is 1. The van der Waals surface area contributed by atoms with Gasteiger partial charge in [-0.2, -0.15) is 13.2 Å². The summed E-state index contributed by atoms with van der Waals surface area (Å²) in [4.78, 5) is 39.5. The van der Waals surface area contributed by atoms with Crippen LogP contribution in [0.2, 0.25) is 10.0 Å². The highest BCUT2D eigenvalue weighted by atomic mass is 35.5. The summed E-state index contributed by atoms with van der Waals surface area (Å²) in [5.74, 6) is -3.55. The molecule has 45 heavy (non-hydrogen) atoms. The van der Waals surface area contributed by atoms with Gasteiger partial charge in [0.15, 0.2) is 9.84 Å². The van der Waals surface area contributed by atoms with Crippen molar-refractivity contribution in [3.8, 4) is 0 Å². The molecule has 0 aromatic heterocycles. The van der Waals surface area contributed by atoms with Crippen LogP contribution < -0.4 is 5.32 Å². The molecule has 0 bridgehead atoms. The van der Waals surface area contributed by atoms with Crippen molar-refractivity contribution in [2.45, 2.75) is 74.8 Å². The average Bonchev–Trinajstić information content (AvgIpc) is 3.31. The van der Waals surface area contributed by atoms with Gasteiger partial charge in [-0.1, -0.05) is 29.3 Å². The minimum Gasteiger partial charge on any atom is -0.475 e. The minimum atomic E-state index is -5.08. The smallest absolute Gasteiger partial charge is 0.475 e. The van der Waals surface area contributed by atoms with Gasteiger partial charge >= 0.3 is 12.1 Å². The van der Waals surface area contributed by atoms with Crippen molar-refractivity contribution < 1.29 is 41.1 Å². The van der Waals surface area contributed by atoms with Crippen LogP contribution in [0.15, 0.2) is 53.4 Å². The van der Waals surface area contributed by atoms with Crippen molar-refractivity contribution in [2.75, 3.05) is 19.3 Å². The first-order chi connectivity index (χ1) is 20.9. The Balaban J connectivity index is 0.000000707. The molecule has 15 heteroatoms. The van der Waals surface area contributed by atoms with Gasteiger partial charge < -0.3 is 20.2 Å². The molecule has 2 fully saturated rings. The SMILES string of the molecule is CC(C)N(C)[C@@H]1CC[C@H](N2CC[C@H](NC(=O)c3cccc(Cl)c3)C2=O)[C@H](CS(=O)(=O)c2ccc(Cl)cc2)C1.O=C(O)C(F)(F)F. The molecule has 2 aliphatic rings. The van der Waals surface area contributed by atoms with E-state index in [0.29, 0.717) is 47.5 Å². The second-order valence-electron chi connectivity index (χ2n) is 11.4. The highest BCUT2D eigenvalue weighted by Crippen LogP contribution is 2.36. The number of rotatable bonds is 8. The molecule has 0 spiro atoms. The fraction of sp³-hybridized carbons (Fsp3) is 0.500. The van der Waals surface area contributed by atoms with Gasteiger partial charge in [-0.05, 0) is 95.0 Å². The van der Waals surface area contributed by atoms with Crippen LogP contribution in [0.4, 0.5) is 13.2 Å². The van der Waals surface area contributed by atoms with Gasteiger partial charge in [-0.15, -0.1) is 0 Å². The van der Waals surface area contributed by atoms with E-state index < -0.39 is 28.0 Å². The maximum Gasteiger partial charge on any atom is 0.490 e. The molecule has 4 rings (SSSR count). The number of carboxylic acid groups (broad SMARTS) is 1. The van der Waals surface area contributed by atoms with Gasteiger partial charge in [0.25, 0.3) is 5.91 Å². The Hall–Kier alpha value is -2.87. The molecule has 0 unspecified atom stereocenters. The van der Waals surface area contributed by atoms with Crippen molar-refractivity contribution in [3.63, 3.8) is 0 Å². The molecule has 1 saturated heterocycles. The maximum absolute atomic E-state index is 13.5. The molecule has 0 radical (unpaired) electrons. The summed E-state index contributed by atoms with van der Waals surface area (Å²) in [6, 6.07) is 12.5. The first kappa shape index (κ1) is 36.6. The molecule has 1 aliphatic carbocycles. The zero-order valence-electron chi connectivity index (χ0n) is 24.9. The Morgan fingerprint density at radius 2 is 1.69 bits per heavy atom. The summed E-state index contributed by atoms with van der Waals surface area (Å²) in [5, 5.41) is 10.9. The normalized spacial score (nSPS) is 22.3. The second kappa shape index (κ2) is 15.1. The molecule has 1 heterocycles. The van der Waals surface area contributed by atoms with Crippen molar-refractivity contribution in [3.05, 3.63) is 64.1 Å². The number of benzene rings is 2. The second-order valence-corrected chi connectivity index (χ2v) is 14.4. The molecule has 4 atom stereocenters. The number of carbonyl (C=O) groups is 3. The fourth-order valence-corrected chi connectivity index (χ4v) is 7.64. The number of nitrogens with zero attached hydrogens (tertiary/aromatic N) is 2. The van der Waals surface area contributed by atoms with Crippen LogP contribution in [0.5, 0.6) is 0 Å². The number of aliphatic carboxylic acids is 1. The van der Waals surface area contributed by atoms with E-state index in [9.17, 15) is 31.2 Å². The molecule has 1 saturated carbocycles. The molecule has 2 amide bonds. The Kier molecular flexibility index (Phi) is 12.3. The topological polar surface area (TPSA) is 124 Å². The lowest BCUT2D eigenvalue weighted by Crippen LogP contribution is -2.53. The third-order valence-corrected chi connectivity index (χ3v) is 10.5. The number of amides is 2. The largest absolute Gasteiger partial charge is 0.490 e. The van der Waals surface area contributed by atoms with Crippen molar-refractivity contribution >= 4 is 50.8 Å². The third-order valence-electron chi connectivity index (χ3n) is 8.19. The first-order valence-corrected chi connectivity index (χ1v) is 16.7. The number of hydrogen-bond donors (Lipinski definition) is 2. The van der Waals surface area contributed by atoms with E-state index in [1.165, 1.54) is 12.1 Å². The van der Waals surface area contributed by atoms with Crippen LogP contribution in [-0.4, -0.2) is 90.8 Å². The number of sulfone groups is 1. The molecule has 2 N–H and O–H groups in total. The van der Waals surface area contributed by atoms with Crippen LogP contribution in [0, 0.1) is 5.92 Å². The molecule has 2 aromatic rings. The fourth-order valence-electron chi connectivity index (χ4n) is 5.66. The van der Waals surface area contributed by atoms with Gasteiger partial charge in [0, 0.05) is 40.3 Å². The first-order valence-electron chi connectivity index (χ1n) is 14.3. The zero-order chi connectivity index (χ0) is 33.7. The van der Waals surface area contributed by atoms with Crippen LogP contribution in [0.25, 0.3) is 0 Å². The molecular formula is C30H36Cl2F3N3O6S. The highest BCUT2D eigenvalue weighted by Gasteiger charge is 2.44.